The molecule has 0 heterocycles. The van der Waals surface area contributed by atoms with Crippen molar-refractivity contribution in [3.63, 3.8) is 0 Å². The zero-order valence-electron chi connectivity index (χ0n) is 14.2. The van der Waals surface area contributed by atoms with E-state index in [-0.39, 0.29) is 0 Å². The zero-order valence-corrected chi connectivity index (χ0v) is 14.2. The molecule has 1 saturated carbocycles. The van der Waals surface area contributed by atoms with E-state index in [4.69, 9.17) is 5.73 Å². The first kappa shape index (κ1) is 16.5. The number of hydrogen-bond acceptors (Lipinski definition) is 2. The van der Waals surface area contributed by atoms with E-state index in [1.807, 2.05) is 0 Å². The summed E-state index contributed by atoms with van der Waals surface area (Å²) >= 11 is 0. The third kappa shape index (κ3) is 3.67. The summed E-state index contributed by atoms with van der Waals surface area (Å²) in [7, 11) is 0. The lowest BCUT2D eigenvalue weighted by atomic mass is 9.82. The minimum atomic E-state index is 0.479. The Morgan fingerprint density at radius 1 is 1.24 bits per heavy atom. The second-order valence-electron chi connectivity index (χ2n) is 6.71. The Labute approximate surface area is 130 Å². The smallest absolute Gasteiger partial charge is 0.0325 e. The average Bonchev–Trinajstić information content (AvgIpc) is 2.48. The average molecular weight is 288 g/mol. The van der Waals surface area contributed by atoms with Gasteiger partial charge in [-0.3, -0.25) is 4.90 Å². The van der Waals surface area contributed by atoms with Crippen molar-refractivity contribution in [2.75, 3.05) is 13.1 Å². The molecule has 3 atom stereocenters. The van der Waals surface area contributed by atoms with Crippen molar-refractivity contribution in [3.8, 4) is 0 Å². The Bertz CT molecular complexity index is 455. The maximum atomic E-state index is 6.05. The topological polar surface area (TPSA) is 29.3 Å². The summed E-state index contributed by atoms with van der Waals surface area (Å²) in [5.74, 6) is 0.673. The van der Waals surface area contributed by atoms with E-state index in [2.05, 4.69) is 50.8 Å². The molecule has 3 unspecified atom stereocenters. The van der Waals surface area contributed by atoms with Gasteiger partial charge in [0.15, 0.2) is 0 Å². The monoisotopic (exact) mass is 288 g/mol. The summed E-state index contributed by atoms with van der Waals surface area (Å²) in [6.07, 6.45) is 5.33. The van der Waals surface area contributed by atoms with Gasteiger partial charge >= 0.3 is 0 Å². The van der Waals surface area contributed by atoms with Gasteiger partial charge in [-0.1, -0.05) is 43.5 Å². The van der Waals surface area contributed by atoms with E-state index in [1.165, 1.54) is 42.4 Å². The van der Waals surface area contributed by atoms with Gasteiger partial charge in [-0.25, -0.2) is 0 Å². The van der Waals surface area contributed by atoms with Gasteiger partial charge in [-0.05, 0) is 63.7 Å². The third-order valence-electron chi connectivity index (χ3n) is 5.34. The number of aryl methyl sites for hydroxylation is 2. The molecule has 0 aromatic heterocycles. The predicted molar refractivity (Wildman–Crippen MR) is 91.5 cm³/mol. The molecule has 0 radical (unpaired) electrons. The van der Waals surface area contributed by atoms with E-state index < -0.39 is 0 Å². The van der Waals surface area contributed by atoms with E-state index in [9.17, 15) is 0 Å². The molecular formula is C19H32N2. The van der Waals surface area contributed by atoms with Crippen LogP contribution < -0.4 is 5.73 Å². The van der Waals surface area contributed by atoms with Crippen molar-refractivity contribution in [2.24, 2.45) is 11.7 Å². The predicted octanol–water partition coefficient (Wildman–Crippen LogP) is 4.20. The molecule has 0 aliphatic heterocycles. The number of rotatable bonds is 5. The van der Waals surface area contributed by atoms with E-state index in [0.717, 1.165) is 13.1 Å². The van der Waals surface area contributed by atoms with Gasteiger partial charge in [-0.2, -0.15) is 0 Å². The first-order valence-electron chi connectivity index (χ1n) is 8.61. The van der Waals surface area contributed by atoms with Crippen molar-refractivity contribution in [3.05, 3.63) is 34.9 Å². The molecule has 1 aliphatic rings. The van der Waals surface area contributed by atoms with Gasteiger partial charge in [-0.15, -0.1) is 0 Å². The van der Waals surface area contributed by atoms with Crippen LogP contribution in [-0.2, 0) is 0 Å². The first-order valence-corrected chi connectivity index (χ1v) is 8.61. The first-order chi connectivity index (χ1) is 10.1. The molecule has 1 aliphatic carbocycles. The Kier molecular flexibility index (Phi) is 5.83. The maximum Gasteiger partial charge on any atom is 0.0325 e. The Morgan fingerprint density at radius 3 is 2.57 bits per heavy atom. The Morgan fingerprint density at radius 2 is 1.95 bits per heavy atom. The minimum absolute atomic E-state index is 0.479. The molecular weight excluding hydrogens is 256 g/mol. The quantitative estimate of drug-likeness (QED) is 0.879. The van der Waals surface area contributed by atoms with Crippen LogP contribution in [0.5, 0.6) is 0 Å². The fraction of sp³-hybridized carbons (Fsp3) is 0.684. The number of hydrogen-bond donors (Lipinski definition) is 1. The highest BCUT2D eigenvalue weighted by molar-refractivity contribution is 5.32. The molecule has 0 bridgehead atoms. The van der Waals surface area contributed by atoms with Gasteiger partial charge in [0.1, 0.15) is 0 Å². The molecule has 2 rings (SSSR count). The van der Waals surface area contributed by atoms with Gasteiger partial charge in [0, 0.05) is 12.1 Å². The summed E-state index contributed by atoms with van der Waals surface area (Å²) in [5, 5.41) is 0. The highest BCUT2D eigenvalue weighted by atomic mass is 15.2. The van der Waals surface area contributed by atoms with E-state index in [0.29, 0.717) is 18.0 Å². The molecule has 2 heteroatoms. The second kappa shape index (κ2) is 7.42. The Balaban J connectivity index is 2.22. The van der Waals surface area contributed by atoms with Gasteiger partial charge in [0.25, 0.3) is 0 Å². The SMILES string of the molecule is CCN(C(C)c1ccc(C)cc1C)C1CCCCC1CN. The van der Waals surface area contributed by atoms with E-state index in [1.54, 1.807) is 0 Å². The van der Waals surface area contributed by atoms with Crippen LogP contribution in [-0.4, -0.2) is 24.0 Å². The van der Waals surface area contributed by atoms with Crippen molar-refractivity contribution in [1.29, 1.82) is 0 Å². The largest absolute Gasteiger partial charge is 0.330 e. The van der Waals surface area contributed by atoms with E-state index >= 15 is 0 Å². The molecule has 2 nitrogen and oxygen atoms in total. The molecule has 21 heavy (non-hydrogen) atoms. The molecule has 1 aromatic carbocycles. The molecule has 2 N–H and O–H groups in total. The summed E-state index contributed by atoms with van der Waals surface area (Å²) < 4.78 is 0. The van der Waals surface area contributed by atoms with Crippen molar-refractivity contribution in [1.82, 2.24) is 4.90 Å². The fourth-order valence-corrected chi connectivity index (χ4v) is 4.17. The highest BCUT2D eigenvalue weighted by Crippen LogP contribution is 2.34. The van der Waals surface area contributed by atoms with Gasteiger partial charge in [0.05, 0.1) is 0 Å². The Hall–Kier alpha value is -0.860. The lowest BCUT2D eigenvalue weighted by Crippen LogP contribution is -2.46. The molecule has 0 amide bonds. The lowest BCUT2D eigenvalue weighted by molar-refractivity contribution is 0.0767. The van der Waals surface area contributed by atoms with Gasteiger partial charge < -0.3 is 5.73 Å². The highest BCUT2D eigenvalue weighted by Gasteiger charge is 2.31. The van der Waals surface area contributed by atoms with Crippen LogP contribution in [0.3, 0.4) is 0 Å². The standard InChI is InChI=1S/C19H32N2/c1-5-21(19-9-7-6-8-17(19)13-20)16(4)18-11-10-14(2)12-15(18)3/h10-12,16-17,19H,5-9,13,20H2,1-4H3. The third-order valence-corrected chi connectivity index (χ3v) is 5.34. The fourth-order valence-electron chi connectivity index (χ4n) is 4.17. The van der Waals surface area contributed by atoms with Crippen molar-refractivity contribution < 1.29 is 0 Å². The molecule has 0 saturated heterocycles. The minimum Gasteiger partial charge on any atom is -0.330 e. The van der Waals surface area contributed by atoms with Crippen molar-refractivity contribution >= 4 is 0 Å². The normalized spacial score (nSPS) is 24.3. The molecule has 1 fully saturated rings. The van der Waals surface area contributed by atoms with Crippen LogP contribution in [0.2, 0.25) is 0 Å². The van der Waals surface area contributed by atoms with Crippen LogP contribution in [0.25, 0.3) is 0 Å². The lowest BCUT2D eigenvalue weighted by Gasteiger charge is -2.43. The summed E-state index contributed by atoms with van der Waals surface area (Å²) in [4.78, 5) is 2.69. The molecule has 1 aromatic rings. The second-order valence-corrected chi connectivity index (χ2v) is 6.71. The summed E-state index contributed by atoms with van der Waals surface area (Å²) in [6.45, 7) is 11.0. The van der Waals surface area contributed by atoms with Crippen LogP contribution in [0.1, 0.15) is 62.3 Å². The number of nitrogens with two attached hydrogens (primary N) is 1. The summed E-state index contributed by atoms with van der Waals surface area (Å²) in [5.41, 5.74) is 10.3. The molecule has 0 spiro atoms. The number of nitrogens with zero attached hydrogens (tertiary/aromatic N) is 1. The van der Waals surface area contributed by atoms with Crippen LogP contribution in [0.4, 0.5) is 0 Å². The van der Waals surface area contributed by atoms with Crippen LogP contribution in [0, 0.1) is 19.8 Å². The van der Waals surface area contributed by atoms with Gasteiger partial charge in [0.2, 0.25) is 0 Å². The molecule has 118 valence electrons. The number of benzene rings is 1. The van der Waals surface area contributed by atoms with Crippen LogP contribution >= 0.6 is 0 Å². The zero-order chi connectivity index (χ0) is 15.4. The van der Waals surface area contributed by atoms with Crippen LogP contribution in [0.15, 0.2) is 18.2 Å². The maximum absolute atomic E-state index is 6.05. The van der Waals surface area contributed by atoms with Crippen molar-refractivity contribution in [2.45, 2.75) is 65.5 Å². The summed E-state index contributed by atoms with van der Waals surface area (Å²) in [6, 6.07) is 8.00.